The molecule has 0 radical (unpaired) electrons. The van der Waals surface area contributed by atoms with Gasteiger partial charge in [0.25, 0.3) is 0 Å². The number of amides is 2. The van der Waals surface area contributed by atoms with Gasteiger partial charge in [0.2, 0.25) is 0 Å². The lowest BCUT2D eigenvalue weighted by Crippen LogP contribution is -2.51. The Kier molecular flexibility index (Phi) is 7.39. The summed E-state index contributed by atoms with van der Waals surface area (Å²) >= 11 is 0. The first-order valence-electron chi connectivity index (χ1n) is 6.59. The minimum Gasteiger partial charge on any atom is -0.480 e. The number of hydrogen-bond donors (Lipinski definition) is 2. The second kappa shape index (κ2) is 7.95. The summed E-state index contributed by atoms with van der Waals surface area (Å²) in [6, 6.07) is -1.03. The largest absolute Gasteiger partial charge is 0.480 e. The molecule has 0 saturated heterocycles. The maximum absolute atomic E-state index is 12.1. The summed E-state index contributed by atoms with van der Waals surface area (Å²) in [6.45, 7) is 10.4. The van der Waals surface area contributed by atoms with Gasteiger partial charge >= 0.3 is 12.0 Å². The molecule has 0 aromatic carbocycles. The molecule has 18 heavy (non-hydrogen) atoms. The van der Waals surface area contributed by atoms with E-state index in [4.69, 9.17) is 5.11 Å². The molecular weight excluding hydrogens is 232 g/mol. The molecule has 0 aliphatic carbocycles. The van der Waals surface area contributed by atoms with Gasteiger partial charge in [-0.3, -0.25) is 0 Å². The maximum atomic E-state index is 12.1. The van der Waals surface area contributed by atoms with E-state index in [-0.39, 0.29) is 12.1 Å². The van der Waals surface area contributed by atoms with Crippen LogP contribution in [-0.2, 0) is 4.79 Å². The summed E-state index contributed by atoms with van der Waals surface area (Å²) in [6.07, 6.45) is 1.18. The van der Waals surface area contributed by atoms with Gasteiger partial charge in [0, 0.05) is 12.6 Å². The average molecular weight is 258 g/mol. The van der Waals surface area contributed by atoms with E-state index in [1.165, 1.54) is 0 Å². The van der Waals surface area contributed by atoms with Gasteiger partial charge in [0.05, 0.1) is 0 Å². The standard InChI is InChI=1S/C13H26N2O3/c1-6-7-11(12(16)17)14-13(18)15(10(4)5)8-9(2)3/h9-11H,6-8H2,1-5H3,(H,14,18)(H,16,17)/t11-/m0/s1. The zero-order valence-electron chi connectivity index (χ0n) is 12.1. The van der Waals surface area contributed by atoms with Crippen LogP contribution >= 0.6 is 0 Å². The predicted molar refractivity (Wildman–Crippen MR) is 71.5 cm³/mol. The van der Waals surface area contributed by atoms with Gasteiger partial charge in [0.15, 0.2) is 0 Å². The second-order valence-corrected chi connectivity index (χ2v) is 5.27. The number of aliphatic carboxylic acids is 1. The van der Waals surface area contributed by atoms with Crippen molar-refractivity contribution in [2.75, 3.05) is 6.54 Å². The lowest BCUT2D eigenvalue weighted by atomic mass is 10.1. The summed E-state index contributed by atoms with van der Waals surface area (Å²) in [5, 5.41) is 11.6. The summed E-state index contributed by atoms with van der Waals surface area (Å²) < 4.78 is 0. The topological polar surface area (TPSA) is 69.6 Å². The third kappa shape index (κ3) is 5.89. The van der Waals surface area contributed by atoms with E-state index < -0.39 is 12.0 Å². The number of nitrogens with zero attached hydrogens (tertiary/aromatic N) is 1. The van der Waals surface area contributed by atoms with Crippen LogP contribution in [0.3, 0.4) is 0 Å². The molecule has 0 spiro atoms. The highest BCUT2D eigenvalue weighted by molar-refractivity contribution is 5.82. The molecule has 5 nitrogen and oxygen atoms in total. The summed E-state index contributed by atoms with van der Waals surface area (Å²) in [4.78, 5) is 24.7. The highest BCUT2D eigenvalue weighted by Gasteiger charge is 2.24. The normalized spacial score (nSPS) is 12.6. The number of carbonyl (C=O) groups excluding carboxylic acids is 1. The van der Waals surface area contributed by atoms with Crippen LogP contribution in [0.2, 0.25) is 0 Å². The number of hydrogen-bond acceptors (Lipinski definition) is 2. The molecule has 0 aromatic heterocycles. The highest BCUT2D eigenvalue weighted by Crippen LogP contribution is 2.06. The zero-order valence-corrected chi connectivity index (χ0v) is 12.1. The number of nitrogens with one attached hydrogen (secondary N) is 1. The quantitative estimate of drug-likeness (QED) is 0.736. The average Bonchev–Trinajstić information content (AvgIpc) is 2.24. The molecule has 0 saturated carbocycles. The first-order chi connectivity index (χ1) is 8.29. The first-order valence-corrected chi connectivity index (χ1v) is 6.59. The van der Waals surface area contributed by atoms with Gasteiger partial charge in [-0.05, 0) is 26.2 Å². The molecule has 0 bridgehead atoms. The second-order valence-electron chi connectivity index (χ2n) is 5.27. The van der Waals surface area contributed by atoms with Crippen LogP contribution in [0.5, 0.6) is 0 Å². The molecule has 5 heteroatoms. The molecule has 106 valence electrons. The van der Waals surface area contributed by atoms with E-state index in [9.17, 15) is 9.59 Å². The van der Waals surface area contributed by atoms with Crippen LogP contribution in [0.1, 0.15) is 47.5 Å². The third-order valence-corrected chi connectivity index (χ3v) is 2.62. The number of carboxylic acids is 1. The lowest BCUT2D eigenvalue weighted by Gasteiger charge is -2.30. The van der Waals surface area contributed by atoms with E-state index in [1.807, 2.05) is 34.6 Å². The van der Waals surface area contributed by atoms with Crippen molar-refractivity contribution in [3.8, 4) is 0 Å². The minimum absolute atomic E-state index is 0.0588. The molecule has 0 heterocycles. The van der Waals surface area contributed by atoms with Gasteiger partial charge in [0.1, 0.15) is 6.04 Å². The molecule has 2 amide bonds. The Bertz CT molecular complexity index is 277. The zero-order chi connectivity index (χ0) is 14.3. The van der Waals surface area contributed by atoms with E-state index in [2.05, 4.69) is 5.32 Å². The van der Waals surface area contributed by atoms with Crippen molar-refractivity contribution in [1.29, 1.82) is 0 Å². The van der Waals surface area contributed by atoms with Crippen molar-refractivity contribution >= 4 is 12.0 Å². The fourth-order valence-corrected chi connectivity index (χ4v) is 1.70. The van der Waals surface area contributed by atoms with Crippen molar-refractivity contribution in [3.63, 3.8) is 0 Å². The molecular formula is C13H26N2O3. The van der Waals surface area contributed by atoms with Crippen LogP contribution in [0.4, 0.5) is 4.79 Å². The molecule has 1 atom stereocenters. The Morgan fingerprint density at radius 3 is 2.11 bits per heavy atom. The Balaban J connectivity index is 4.61. The fourth-order valence-electron chi connectivity index (χ4n) is 1.70. The van der Waals surface area contributed by atoms with E-state index in [0.717, 1.165) is 6.42 Å². The number of rotatable bonds is 7. The maximum Gasteiger partial charge on any atom is 0.326 e. The summed E-state index contributed by atoms with van der Waals surface area (Å²) in [7, 11) is 0. The van der Waals surface area contributed by atoms with Crippen LogP contribution in [0.15, 0.2) is 0 Å². The SMILES string of the molecule is CCC[C@H](NC(=O)N(CC(C)C)C(C)C)C(=O)O. The van der Waals surface area contributed by atoms with E-state index in [0.29, 0.717) is 18.9 Å². The van der Waals surface area contributed by atoms with Crippen molar-refractivity contribution in [2.45, 2.75) is 59.5 Å². The Morgan fingerprint density at radius 2 is 1.78 bits per heavy atom. The van der Waals surface area contributed by atoms with Gasteiger partial charge in [-0.2, -0.15) is 0 Å². The van der Waals surface area contributed by atoms with Crippen molar-refractivity contribution < 1.29 is 14.7 Å². The Labute approximate surface area is 110 Å². The van der Waals surface area contributed by atoms with E-state index in [1.54, 1.807) is 4.90 Å². The molecule has 0 aromatic rings. The predicted octanol–water partition coefficient (Wildman–Crippen LogP) is 2.32. The minimum atomic E-state index is -0.974. The monoisotopic (exact) mass is 258 g/mol. The molecule has 0 aliphatic heterocycles. The van der Waals surface area contributed by atoms with Crippen molar-refractivity contribution in [3.05, 3.63) is 0 Å². The molecule has 0 rings (SSSR count). The number of urea groups is 1. The van der Waals surface area contributed by atoms with E-state index >= 15 is 0 Å². The number of carboxylic acid groups (broad SMARTS) is 1. The van der Waals surface area contributed by atoms with Crippen molar-refractivity contribution in [2.24, 2.45) is 5.92 Å². The lowest BCUT2D eigenvalue weighted by molar-refractivity contribution is -0.139. The van der Waals surface area contributed by atoms with Crippen molar-refractivity contribution in [1.82, 2.24) is 10.2 Å². The number of carbonyl (C=O) groups is 2. The molecule has 0 fully saturated rings. The summed E-state index contributed by atoms with van der Waals surface area (Å²) in [5.74, 6) is -0.619. The fraction of sp³-hybridized carbons (Fsp3) is 0.846. The first kappa shape index (κ1) is 16.7. The van der Waals surface area contributed by atoms with Crippen LogP contribution < -0.4 is 5.32 Å². The highest BCUT2D eigenvalue weighted by atomic mass is 16.4. The van der Waals surface area contributed by atoms with Gasteiger partial charge < -0.3 is 15.3 Å². The van der Waals surface area contributed by atoms with Gasteiger partial charge in [-0.15, -0.1) is 0 Å². The van der Waals surface area contributed by atoms with Crippen LogP contribution in [-0.4, -0.2) is 40.6 Å². The molecule has 0 aliphatic rings. The summed E-state index contributed by atoms with van der Waals surface area (Å²) in [5.41, 5.74) is 0. The third-order valence-electron chi connectivity index (χ3n) is 2.62. The van der Waals surface area contributed by atoms with Gasteiger partial charge in [-0.1, -0.05) is 27.2 Å². The Morgan fingerprint density at radius 1 is 1.22 bits per heavy atom. The van der Waals surface area contributed by atoms with Crippen LogP contribution in [0.25, 0.3) is 0 Å². The Hall–Kier alpha value is -1.26. The molecule has 0 unspecified atom stereocenters. The van der Waals surface area contributed by atoms with Crippen LogP contribution in [0, 0.1) is 5.92 Å². The molecule has 2 N–H and O–H groups in total. The smallest absolute Gasteiger partial charge is 0.326 e. The van der Waals surface area contributed by atoms with Gasteiger partial charge in [-0.25, -0.2) is 9.59 Å².